The molecule has 0 bridgehead atoms. The van der Waals surface area contributed by atoms with E-state index in [0.717, 1.165) is 19.3 Å². The van der Waals surface area contributed by atoms with Gasteiger partial charge in [-0.1, -0.05) is 33.3 Å². The molecule has 0 aliphatic carbocycles. The van der Waals surface area contributed by atoms with Crippen molar-refractivity contribution in [1.82, 2.24) is 0 Å². The lowest BCUT2D eigenvalue weighted by atomic mass is 10.1. The lowest BCUT2D eigenvalue weighted by Crippen LogP contribution is -2.15. The van der Waals surface area contributed by atoms with Crippen LogP contribution < -0.4 is 5.73 Å². The standard InChI is InChI=1S/C11H20O2.C2H4.CH3NO/c1-4-7-8-9-10(5-2)13-11(12)6-3;1-2;2-1-3/h6,10H,3-5,7-9H2,1-2H3;1-2H2;1H,(H2,2,3). The first-order valence-corrected chi connectivity index (χ1v) is 6.14. The van der Waals surface area contributed by atoms with Crippen LogP contribution in [-0.4, -0.2) is 18.5 Å². The Hall–Kier alpha value is -1.58. The van der Waals surface area contributed by atoms with Crippen molar-refractivity contribution in [3.8, 4) is 0 Å². The second-order valence-electron chi connectivity index (χ2n) is 3.30. The Morgan fingerprint density at radius 3 is 2.17 bits per heavy atom. The largest absolute Gasteiger partial charge is 0.459 e. The molecular weight excluding hydrogens is 230 g/mol. The maximum Gasteiger partial charge on any atom is 0.330 e. The summed E-state index contributed by atoms with van der Waals surface area (Å²) < 4.78 is 5.14. The maximum atomic E-state index is 10.9. The Labute approximate surface area is 111 Å². The Morgan fingerprint density at radius 2 is 1.83 bits per heavy atom. The number of hydrogen-bond acceptors (Lipinski definition) is 3. The van der Waals surface area contributed by atoms with E-state index >= 15 is 0 Å². The molecule has 0 saturated heterocycles. The third-order valence-electron chi connectivity index (χ3n) is 2.03. The fraction of sp³-hybridized carbons (Fsp3) is 0.571. The van der Waals surface area contributed by atoms with E-state index < -0.39 is 0 Å². The Bertz CT molecular complexity index is 205. The van der Waals surface area contributed by atoms with Gasteiger partial charge in [-0.25, -0.2) is 4.79 Å². The first-order valence-electron chi connectivity index (χ1n) is 6.14. The molecule has 4 heteroatoms. The molecule has 0 aliphatic heterocycles. The first-order chi connectivity index (χ1) is 8.65. The van der Waals surface area contributed by atoms with Gasteiger partial charge in [0, 0.05) is 6.08 Å². The number of primary amides is 1. The fourth-order valence-electron chi connectivity index (χ4n) is 1.18. The molecule has 106 valence electrons. The molecule has 4 nitrogen and oxygen atoms in total. The van der Waals surface area contributed by atoms with Crippen molar-refractivity contribution >= 4 is 12.4 Å². The van der Waals surface area contributed by atoms with Crippen LogP contribution in [-0.2, 0) is 14.3 Å². The van der Waals surface area contributed by atoms with Crippen molar-refractivity contribution in [1.29, 1.82) is 0 Å². The average molecular weight is 257 g/mol. The molecule has 18 heavy (non-hydrogen) atoms. The number of hydrogen-bond donors (Lipinski definition) is 1. The number of rotatable bonds is 7. The minimum absolute atomic E-state index is 0.0806. The van der Waals surface area contributed by atoms with Crippen LogP contribution >= 0.6 is 0 Å². The first kappa shape index (κ1) is 21.7. The molecule has 0 heterocycles. The van der Waals surface area contributed by atoms with Crippen LogP contribution in [0.1, 0.15) is 46.0 Å². The Kier molecular flexibility index (Phi) is 25.0. The molecule has 0 radical (unpaired) electrons. The van der Waals surface area contributed by atoms with E-state index in [1.807, 2.05) is 6.92 Å². The molecule has 1 unspecified atom stereocenters. The SMILES string of the molecule is C=C.C=CC(=O)OC(CC)CCCCC.NC=O. The number of unbranched alkanes of at least 4 members (excludes halogenated alkanes) is 2. The van der Waals surface area contributed by atoms with E-state index in [-0.39, 0.29) is 18.5 Å². The predicted molar refractivity (Wildman–Crippen MR) is 76.0 cm³/mol. The molecular formula is C14H27NO3. The second-order valence-corrected chi connectivity index (χ2v) is 3.30. The van der Waals surface area contributed by atoms with Crippen molar-refractivity contribution in [3.63, 3.8) is 0 Å². The highest BCUT2D eigenvalue weighted by Crippen LogP contribution is 2.10. The normalized spacial score (nSPS) is 9.67. The smallest absolute Gasteiger partial charge is 0.330 e. The van der Waals surface area contributed by atoms with E-state index in [2.05, 4.69) is 32.4 Å². The number of esters is 1. The van der Waals surface area contributed by atoms with Crippen LogP contribution in [0.4, 0.5) is 0 Å². The monoisotopic (exact) mass is 257 g/mol. The summed E-state index contributed by atoms with van der Waals surface area (Å²) in [7, 11) is 0. The van der Waals surface area contributed by atoms with Crippen molar-refractivity contribution in [2.45, 2.75) is 52.1 Å². The van der Waals surface area contributed by atoms with Crippen LogP contribution in [0.2, 0.25) is 0 Å². The molecule has 0 aromatic carbocycles. The van der Waals surface area contributed by atoms with Gasteiger partial charge in [0.05, 0.1) is 0 Å². The van der Waals surface area contributed by atoms with Gasteiger partial charge in [0.15, 0.2) is 0 Å². The summed E-state index contributed by atoms with van der Waals surface area (Å²) in [4.78, 5) is 19.5. The summed E-state index contributed by atoms with van der Waals surface area (Å²) in [5, 5.41) is 0. The zero-order valence-corrected chi connectivity index (χ0v) is 11.7. The second kappa shape index (κ2) is 20.8. The fourth-order valence-corrected chi connectivity index (χ4v) is 1.18. The summed E-state index contributed by atoms with van der Waals surface area (Å²) in [5.74, 6) is -0.302. The van der Waals surface area contributed by atoms with E-state index in [1.54, 1.807) is 0 Å². The van der Waals surface area contributed by atoms with E-state index in [1.165, 1.54) is 18.9 Å². The zero-order chi connectivity index (χ0) is 14.8. The van der Waals surface area contributed by atoms with Crippen LogP contribution in [0.5, 0.6) is 0 Å². The number of nitrogens with two attached hydrogens (primary N) is 1. The summed E-state index contributed by atoms with van der Waals surface area (Å²) in [6.07, 6.45) is 6.97. The van der Waals surface area contributed by atoms with Crippen LogP contribution in [0.25, 0.3) is 0 Å². The molecule has 0 rings (SSSR count). The highest BCUT2D eigenvalue weighted by molar-refractivity contribution is 5.81. The van der Waals surface area contributed by atoms with Gasteiger partial charge in [0.1, 0.15) is 6.10 Å². The topological polar surface area (TPSA) is 69.4 Å². The van der Waals surface area contributed by atoms with Gasteiger partial charge in [-0.2, -0.15) is 0 Å². The molecule has 0 aromatic rings. The number of carbonyl (C=O) groups excluding carboxylic acids is 2. The van der Waals surface area contributed by atoms with Crippen molar-refractivity contribution in [2.75, 3.05) is 0 Å². The van der Waals surface area contributed by atoms with Gasteiger partial charge < -0.3 is 10.5 Å². The van der Waals surface area contributed by atoms with Crippen LogP contribution in [0, 0.1) is 0 Å². The number of amides is 1. The summed E-state index contributed by atoms with van der Waals surface area (Å²) >= 11 is 0. The molecule has 0 spiro atoms. The molecule has 0 aliphatic rings. The maximum absolute atomic E-state index is 10.9. The van der Waals surface area contributed by atoms with Crippen molar-refractivity contribution in [2.24, 2.45) is 5.73 Å². The van der Waals surface area contributed by atoms with Gasteiger partial charge in [-0.3, -0.25) is 4.79 Å². The van der Waals surface area contributed by atoms with E-state index in [4.69, 9.17) is 9.53 Å². The van der Waals surface area contributed by atoms with Gasteiger partial charge in [-0.15, -0.1) is 13.2 Å². The van der Waals surface area contributed by atoms with Gasteiger partial charge in [0.2, 0.25) is 6.41 Å². The Balaban J connectivity index is -0.000000389. The highest BCUT2D eigenvalue weighted by Gasteiger charge is 2.08. The van der Waals surface area contributed by atoms with Gasteiger partial charge in [-0.05, 0) is 19.3 Å². The molecule has 0 fully saturated rings. The Morgan fingerprint density at radius 1 is 1.33 bits per heavy atom. The van der Waals surface area contributed by atoms with Crippen LogP contribution in [0.15, 0.2) is 25.8 Å². The highest BCUT2D eigenvalue weighted by atomic mass is 16.5. The molecule has 1 atom stereocenters. The predicted octanol–water partition coefficient (Wildman–Crippen LogP) is 2.98. The summed E-state index contributed by atoms with van der Waals surface area (Å²) in [5.41, 5.74) is 4.17. The van der Waals surface area contributed by atoms with E-state index in [9.17, 15) is 4.79 Å². The van der Waals surface area contributed by atoms with E-state index in [0.29, 0.717) is 0 Å². The average Bonchev–Trinajstić information content (AvgIpc) is 2.40. The molecule has 1 amide bonds. The minimum Gasteiger partial charge on any atom is -0.459 e. The summed E-state index contributed by atoms with van der Waals surface area (Å²) in [6.45, 7) is 13.6. The minimum atomic E-state index is -0.302. The molecule has 0 aromatic heterocycles. The van der Waals surface area contributed by atoms with Crippen LogP contribution in [0.3, 0.4) is 0 Å². The number of carbonyl (C=O) groups is 2. The van der Waals surface area contributed by atoms with Crippen molar-refractivity contribution < 1.29 is 14.3 Å². The lowest BCUT2D eigenvalue weighted by Gasteiger charge is -2.14. The quantitative estimate of drug-likeness (QED) is 0.250. The summed E-state index contributed by atoms with van der Waals surface area (Å²) in [6, 6.07) is 0. The zero-order valence-electron chi connectivity index (χ0n) is 11.7. The van der Waals surface area contributed by atoms with Gasteiger partial charge in [0.25, 0.3) is 0 Å². The third kappa shape index (κ3) is 19.9. The number of ether oxygens (including phenoxy) is 1. The lowest BCUT2D eigenvalue weighted by molar-refractivity contribution is -0.143. The third-order valence-corrected chi connectivity index (χ3v) is 2.03. The molecule has 2 N–H and O–H groups in total. The molecule has 0 saturated carbocycles. The van der Waals surface area contributed by atoms with Gasteiger partial charge >= 0.3 is 5.97 Å². The van der Waals surface area contributed by atoms with Crippen molar-refractivity contribution in [3.05, 3.63) is 25.8 Å².